The van der Waals surface area contributed by atoms with Gasteiger partial charge in [-0.1, -0.05) is 36.4 Å². The lowest BCUT2D eigenvalue weighted by Gasteiger charge is -2.27. The predicted molar refractivity (Wildman–Crippen MR) is 133 cm³/mol. The number of anilines is 2. The van der Waals surface area contributed by atoms with Crippen LogP contribution in [0.15, 0.2) is 73.3 Å². The molecule has 1 aliphatic heterocycles. The van der Waals surface area contributed by atoms with Crippen molar-refractivity contribution in [2.45, 2.75) is 13.1 Å². The lowest BCUT2D eigenvalue weighted by molar-refractivity contribution is 0.122. The summed E-state index contributed by atoms with van der Waals surface area (Å²) in [4.78, 5) is 20.7. The van der Waals surface area contributed by atoms with Gasteiger partial charge in [-0.15, -0.1) is 0 Å². The second kappa shape index (κ2) is 9.07. The van der Waals surface area contributed by atoms with Crippen LogP contribution in [0.4, 0.5) is 11.8 Å². The van der Waals surface area contributed by atoms with Gasteiger partial charge in [0, 0.05) is 38.6 Å². The van der Waals surface area contributed by atoms with Gasteiger partial charge in [0.25, 0.3) is 0 Å². The lowest BCUT2D eigenvalue weighted by atomic mass is 10.1. The molecule has 0 atom stereocenters. The summed E-state index contributed by atoms with van der Waals surface area (Å²) in [6.07, 6.45) is 5.46. The highest BCUT2D eigenvalue weighted by Gasteiger charge is 2.19. The van der Waals surface area contributed by atoms with Crippen LogP contribution in [-0.2, 0) is 17.8 Å². The Labute approximate surface area is 197 Å². The minimum atomic E-state index is 0.637. The number of imidazole rings is 1. The first kappa shape index (κ1) is 20.6. The summed E-state index contributed by atoms with van der Waals surface area (Å²) in [6, 6.07) is 19.0. The number of morpholine rings is 1. The number of ether oxygens (including phenoxy) is 1. The molecule has 8 nitrogen and oxygen atoms in total. The standard InChI is InChI=1S/C26H25N7O/c1-2-4-22-15-20(5-6-21(22)3-1)17-33-18-29-25-23(33)24(28-16-19-7-9-27-10-8-19)30-26(31-25)32-11-13-34-14-12-32/h1-10,15,18H,11-14,16-17H2,(H,28,30,31). The summed E-state index contributed by atoms with van der Waals surface area (Å²) in [5.74, 6) is 1.46. The molecule has 1 saturated heterocycles. The average Bonchev–Trinajstić information content (AvgIpc) is 3.31. The number of benzene rings is 2. The first-order chi connectivity index (χ1) is 16.8. The Bertz CT molecular complexity index is 1430. The van der Waals surface area contributed by atoms with Crippen molar-refractivity contribution in [1.82, 2.24) is 24.5 Å². The smallest absolute Gasteiger partial charge is 0.229 e. The molecular formula is C26H25N7O. The van der Waals surface area contributed by atoms with Crippen molar-refractivity contribution in [3.8, 4) is 0 Å². The maximum absolute atomic E-state index is 5.51. The van der Waals surface area contributed by atoms with Crippen molar-refractivity contribution in [3.05, 3.63) is 84.4 Å². The van der Waals surface area contributed by atoms with Crippen LogP contribution in [0.5, 0.6) is 0 Å². The van der Waals surface area contributed by atoms with E-state index in [2.05, 4.69) is 67.2 Å². The van der Waals surface area contributed by atoms with Gasteiger partial charge in [-0.3, -0.25) is 4.98 Å². The number of aromatic nitrogens is 5. The molecule has 6 rings (SSSR count). The number of nitrogens with one attached hydrogen (secondary N) is 1. The van der Waals surface area contributed by atoms with E-state index in [9.17, 15) is 0 Å². The molecule has 0 bridgehead atoms. The zero-order valence-corrected chi connectivity index (χ0v) is 18.8. The molecule has 1 aliphatic rings. The summed E-state index contributed by atoms with van der Waals surface area (Å²) in [7, 11) is 0. The van der Waals surface area contributed by atoms with Gasteiger partial charge in [-0.25, -0.2) is 4.98 Å². The fraction of sp³-hybridized carbons (Fsp3) is 0.231. The molecule has 0 saturated carbocycles. The molecule has 4 heterocycles. The van der Waals surface area contributed by atoms with E-state index in [0.29, 0.717) is 37.9 Å². The molecule has 170 valence electrons. The van der Waals surface area contributed by atoms with Crippen molar-refractivity contribution in [1.29, 1.82) is 0 Å². The Balaban J connectivity index is 1.37. The number of hydrogen-bond acceptors (Lipinski definition) is 7. The number of hydrogen-bond donors (Lipinski definition) is 1. The van der Waals surface area contributed by atoms with Crippen LogP contribution in [0, 0.1) is 0 Å². The molecule has 3 aromatic heterocycles. The first-order valence-electron chi connectivity index (χ1n) is 11.5. The Kier molecular flexibility index (Phi) is 5.48. The fourth-order valence-corrected chi connectivity index (χ4v) is 4.34. The monoisotopic (exact) mass is 451 g/mol. The molecule has 0 radical (unpaired) electrons. The number of rotatable bonds is 6. The molecule has 34 heavy (non-hydrogen) atoms. The van der Waals surface area contributed by atoms with Gasteiger partial charge < -0.3 is 19.5 Å². The van der Waals surface area contributed by atoms with Crippen LogP contribution in [-0.4, -0.2) is 50.8 Å². The molecule has 5 aromatic rings. The Hall–Kier alpha value is -4.04. The Morgan fingerprint density at radius 1 is 0.882 bits per heavy atom. The molecule has 1 N–H and O–H groups in total. The van der Waals surface area contributed by atoms with Gasteiger partial charge in [-0.05, 0) is 40.1 Å². The van der Waals surface area contributed by atoms with E-state index in [0.717, 1.165) is 30.0 Å². The maximum Gasteiger partial charge on any atom is 0.229 e. The van der Waals surface area contributed by atoms with E-state index < -0.39 is 0 Å². The summed E-state index contributed by atoms with van der Waals surface area (Å²) >= 11 is 0. The van der Waals surface area contributed by atoms with Crippen LogP contribution in [0.1, 0.15) is 11.1 Å². The Morgan fingerprint density at radius 2 is 1.71 bits per heavy atom. The Morgan fingerprint density at radius 3 is 2.56 bits per heavy atom. The van der Waals surface area contributed by atoms with Crippen LogP contribution < -0.4 is 10.2 Å². The van der Waals surface area contributed by atoms with Gasteiger partial charge in [0.2, 0.25) is 5.95 Å². The summed E-state index contributed by atoms with van der Waals surface area (Å²) < 4.78 is 7.63. The molecular weight excluding hydrogens is 426 g/mol. The van der Waals surface area contributed by atoms with Crippen molar-refractivity contribution in [3.63, 3.8) is 0 Å². The minimum Gasteiger partial charge on any atom is -0.378 e. The average molecular weight is 452 g/mol. The van der Waals surface area contributed by atoms with Gasteiger partial charge in [0.1, 0.15) is 5.52 Å². The van der Waals surface area contributed by atoms with Crippen LogP contribution in [0.2, 0.25) is 0 Å². The van der Waals surface area contributed by atoms with E-state index in [4.69, 9.17) is 14.7 Å². The highest BCUT2D eigenvalue weighted by molar-refractivity contribution is 5.85. The molecule has 0 unspecified atom stereocenters. The second-order valence-corrected chi connectivity index (χ2v) is 8.41. The third-order valence-electron chi connectivity index (χ3n) is 6.13. The molecule has 0 aliphatic carbocycles. The van der Waals surface area contributed by atoms with Crippen molar-refractivity contribution >= 4 is 33.7 Å². The molecule has 1 fully saturated rings. The van der Waals surface area contributed by atoms with E-state index >= 15 is 0 Å². The molecule has 8 heteroatoms. The van der Waals surface area contributed by atoms with Gasteiger partial charge in [-0.2, -0.15) is 9.97 Å². The van der Waals surface area contributed by atoms with Gasteiger partial charge in [0.15, 0.2) is 11.5 Å². The third-order valence-corrected chi connectivity index (χ3v) is 6.13. The maximum atomic E-state index is 5.51. The van der Waals surface area contributed by atoms with Crippen LogP contribution >= 0.6 is 0 Å². The predicted octanol–water partition coefficient (Wildman–Crippen LogP) is 3.87. The molecule has 0 spiro atoms. The summed E-state index contributed by atoms with van der Waals surface area (Å²) in [5, 5.41) is 5.99. The first-order valence-corrected chi connectivity index (χ1v) is 11.5. The zero-order chi connectivity index (χ0) is 22.7. The fourth-order valence-electron chi connectivity index (χ4n) is 4.34. The van der Waals surface area contributed by atoms with Gasteiger partial charge >= 0.3 is 0 Å². The van der Waals surface area contributed by atoms with E-state index in [1.807, 2.05) is 18.5 Å². The van der Waals surface area contributed by atoms with Crippen molar-refractivity contribution in [2.24, 2.45) is 0 Å². The summed E-state index contributed by atoms with van der Waals surface area (Å²) in [5.41, 5.74) is 3.93. The topological polar surface area (TPSA) is 81.0 Å². The molecule has 0 amide bonds. The second-order valence-electron chi connectivity index (χ2n) is 8.41. The van der Waals surface area contributed by atoms with Gasteiger partial charge in [0.05, 0.1) is 19.5 Å². The zero-order valence-electron chi connectivity index (χ0n) is 18.8. The normalized spacial score (nSPS) is 14.1. The highest BCUT2D eigenvalue weighted by atomic mass is 16.5. The lowest BCUT2D eigenvalue weighted by Crippen LogP contribution is -2.37. The van der Waals surface area contributed by atoms with E-state index in [-0.39, 0.29) is 0 Å². The highest BCUT2D eigenvalue weighted by Crippen LogP contribution is 2.26. The summed E-state index contributed by atoms with van der Waals surface area (Å²) in [6.45, 7) is 4.22. The van der Waals surface area contributed by atoms with E-state index in [1.165, 1.54) is 16.3 Å². The van der Waals surface area contributed by atoms with Crippen molar-refractivity contribution in [2.75, 3.05) is 36.5 Å². The quantitative estimate of drug-likeness (QED) is 0.420. The van der Waals surface area contributed by atoms with E-state index in [1.54, 1.807) is 12.4 Å². The SMILES string of the molecule is c1ccc2cc(Cn3cnc4nc(N5CCOCC5)nc(NCc5ccncc5)c43)ccc2c1. The number of nitrogens with zero attached hydrogens (tertiary/aromatic N) is 6. The van der Waals surface area contributed by atoms with Crippen molar-refractivity contribution < 1.29 is 4.74 Å². The number of fused-ring (bicyclic) bond motifs is 2. The number of pyridine rings is 1. The van der Waals surface area contributed by atoms with Crippen LogP contribution in [0.25, 0.3) is 21.9 Å². The minimum absolute atomic E-state index is 0.637. The molecule has 2 aromatic carbocycles. The van der Waals surface area contributed by atoms with Crippen LogP contribution in [0.3, 0.4) is 0 Å². The largest absolute Gasteiger partial charge is 0.378 e. The third kappa shape index (κ3) is 4.15.